The van der Waals surface area contributed by atoms with Crippen molar-refractivity contribution in [3.63, 3.8) is 0 Å². The van der Waals surface area contributed by atoms with Gasteiger partial charge in [-0.15, -0.1) is 0 Å². The summed E-state index contributed by atoms with van der Waals surface area (Å²) in [5.41, 5.74) is 1.68. The molecule has 1 aromatic carbocycles. The Morgan fingerprint density at radius 3 is 2.62 bits per heavy atom. The number of aryl methyl sites for hydroxylation is 1. The van der Waals surface area contributed by atoms with Crippen LogP contribution >= 0.6 is 0 Å². The van der Waals surface area contributed by atoms with E-state index in [-0.39, 0.29) is 5.82 Å². The molecule has 0 aromatic heterocycles. The molecule has 3 fully saturated rings. The first-order valence-corrected chi connectivity index (χ1v) is 6.25. The first-order valence-electron chi connectivity index (χ1n) is 6.25. The Bertz CT molecular complexity index is 359. The smallest absolute Gasteiger partial charge is 0.123 e. The lowest BCUT2D eigenvalue weighted by atomic mass is 9.62. The molecule has 1 saturated carbocycles. The van der Waals surface area contributed by atoms with Crippen LogP contribution in [0.25, 0.3) is 0 Å². The number of nitrogens with one attached hydrogen (secondary N) is 1. The van der Waals surface area contributed by atoms with Gasteiger partial charge < -0.3 is 5.32 Å². The summed E-state index contributed by atoms with van der Waals surface area (Å²) in [4.78, 5) is 0. The van der Waals surface area contributed by atoms with Crippen LogP contribution in [0.15, 0.2) is 24.3 Å². The van der Waals surface area contributed by atoms with Gasteiger partial charge in [-0.25, -0.2) is 4.39 Å². The molecule has 16 heavy (non-hydrogen) atoms. The van der Waals surface area contributed by atoms with Gasteiger partial charge >= 0.3 is 0 Å². The van der Waals surface area contributed by atoms with Gasteiger partial charge in [-0.05, 0) is 62.3 Å². The highest BCUT2D eigenvalue weighted by Crippen LogP contribution is 2.45. The number of rotatable bonds is 3. The number of hydrogen-bond acceptors (Lipinski definition) is 1. The van der Waals surface area contributed by atoms with Gasteiger partial charge in [0.05, 0.1) is 0 Å². The Balaban J connectivity index is 1.58. The predicted octanol–water partition coefficient (Wildman–Crippen LogP) is 2.90. The highest BCUT2D eigenvalue weighted by atomic mass is 19.1. The van der Waals surface area contributed by atoms with Crippen molar-refractivity contribution in [1.82, 2.24) is 5.32 Å². The van der Waals surface area contributed by atoms with E-state index in [2.05, 4.69) is 5.32 Å². The second-order valence-corrected chi connectivity index (χ2v) is 5.40. The number of halogens is 1. The maximum absolute atomic E-state index is 12.8. The van der Waals surface area contributed by atoms with E-state index in [9.17, 15) is 4.39 Å². The van der Waals surface area contributed by atoms with E-state index in [4.69, 9.17) is 0 Å². The van der Waals surface area contributed by atoms with Gasteiger partial charge in [-0.2, -0.15) is 0 Å². The minimum atomic E-state index is -0.138. The van der Waals surface area contributed by atoms with Gasteiger partial charge in [0, 0.05) is 5.54 Å². The third-order valence-electron chi connectivity index (χ3n) is 4.22. The molecule has 0 amide bonds. The van der Waals surface area contributed by atoms with E-state index < -0.39 is 0 Å². The Morgan fingerprint density at radius 2 is 2.00 bits per heavy atom. The van der Waals surface area contributed by atoms with Crippen molar-refractivity contribution in [3.05, 3.63) is 35.6 Å². The van der Waals surface area contributed by atoms with Gasteiger partial charge in [0.15, 0.2) is 0 Å². The van der Waals surface area contributed by atoms with Crippen molar-refractivity contribution in [2.75, 3.05) is 6.54 Å². The summed E-state index contributed by atoms with van der Waals surface area (Å²) in [6.07, 6.45) is 6.34. The normalized spacial score (nSPS) is 32.2. The minimum Gasteiger partial charge on any atom is -0.311 e. The Kier molecular flexibility index (Phi) is 2.47. The second-order valence-electron chi connectivity index (χ2n) is 5.40. The van der Waals surface area contributed by atoms with Crippen LogP contribution in [0.3, 0.4) is 0 Å². The summed E-state index contributed by atoms with van der Waals surface area (Å²) in [5.74, 6) is 0.843. The number of piperidine rings is 2. The molecule has 3 aliphatic rings. The third-order valence-corrected chi connectivity index (χ3v) is 4.22. The molecule has 4 rings (SSSR count). The minimum absolute atomic E-state index is 0.138. The fraction of sp³-hybridized carbons (Fsp3) is 0.571. The van der Waals surface area contributed by atoms with Gasteiger partial charge in [0.2, 0.25) is 0 Å². The molecule has 2 heterocycles. The van der Waals surface area contributed by atoms with Crippen LogP contribution in [-0.2, 0) is 6.42 Å². The van der Waals surface area contributed by atoms with Crippen molar-refractivity contribution in [3.8, 4) is 0 Å². The first kappa shape index (κ1) is 10.3. The maximum atomic E-state index is 12.8. The van der Waals surface area contributed by atoms with Crippen molar-refractivity contribution in [2.24, 2.45) is 5.92 Å². The van der Waals surface area contributed by atoms with Crippen LogP contribution in [0.5, 0.6) is 0 Å². The molecule has 1 aliphatic carbocycles. The summed E-state index contributed by atoms with van der Waals surface area (Å²) in [7, 11) is 0. The zero-order valence-electron chi connectivity index (χ0n) is 9.51. The summed E-state index contributed by atoms with van der Waals surface area (Å²) >= 11 is 0. The lowest BCUT2D eigenvalue weighted by Gasteiger charge is -2.53. The van der Waals surface area contributed by atoms with Gasteiger partial charge in [0.25, 0.3) is 0 Å². The Labute approximate surface area is 96.1 Å². The van der Waals surface area contributed by atoms with Crippen LogP contribution in [-0.4, -0.2) is 12.1 Å². The molecular formula is C14H18FN. The third kappa shape index (κ3) is 1.86. The zero-order valence-corrected chi connectivity index (χ0v) is 9.51. The van der Waals surface area contributed by atoms with Crippen LogP contribution in [0.1, 0.15) is 31.2 Å². The Hall–Kier alpha value is -0.890. The highest BCUT2D eigenvalue weighted by molar-refractivity contribution is 5.17. The number of benzene rings is 1. The molecule has 0 radical (unpaired) electrons. The highest BCUT2D eigenvalue weighted by Gasteiger charge is 2.45. The van der Waals surface area contributed by atoms with Gasteiger partial charge in [-0.3, -0.25) is 0 Å². The topological polar surface area (TPSA) is 12.0 Å². The standard InChI is InChI=1S/C14H18FN/c15-13-3-1-11(2-4-13)5-7-14-9-12(10-14)6-8-16-14/h1-4,12,16H,5-10H2. The van der Waals surface area contributed by atoms with Crippen molar-refractivity contribution >= 4 is 0 Å². The molecule has 1 N–H and O–H groups in total. The van der Waals surface area contributed by atoms with E-state index >= 15 is 0 Å². The molecule has 0 spiro atoms. The predicted molar refractivity (Wildman–Crippen MR) is 62.8 cm³/mol. The number of fused-ring (bicyclic) bond motifs is 2. The quantitative estimate of drug-likeness (QED) is 0.824. The molecule has 2 aliphatic heterocycles. The maximum Gasteiger partial charge on any atom is 0.123 e. The molecular weight excluding hydrogens is 201 g/mol. The van der Waals surface area contributed by atoms with Crippen molar-refractivity contribution in [1.29, 1.82) is 0 Å². The van der Waals surface area contributed by atoms with Gasteiger partial charge in [-0.1, -0.05) is 12.1 Å². The largest absolute Gasteiger partial charge is 0.311 e. The second kappa shape index (κ2) is 3.85. The van der Waals surface area contributed by atoms with Crippen LogP contribution in [0.4, 0.5) is 4.39 Å². The van der Waals surface area contributed by atoms with E-state index in [0.717, 1.165) is 12.3 Å². The molecule has 2 saturated heterocycles. The van der Waals surface area contributed by atoms with Crippen LogP contribution in [0, 0.1) is 11.7 Å². The lowest BCUT2D eigenvalue weighted by Crippen LogP contribution is -2.60. The fourth-order valence-electron chi connectivity index (χ4n) is 3.26. The molecule has 0 atom stereocenters. The summed E-state index contributed by atoms with van der Waals surface area (Å²) in [6.45, 7) is 1.19. The monoisotopic (exact) mass is 219 g/mol. The summed E-state index contributed by atoms with van der Waals surface area (Å²) < 4.78 is 12.8. The molecule has 86 valence electrons. The van der Waals surface area contributed by atoms with E-state index in [1.165, 1.54) is 37.8 Å². The zero-order chi connectivity index (χ0) is 11.0. The number of hydrogen-bond donors (Lipinski definition) is 1. The molecule has 1 nitrogen and oxygen atoms in total. The molecule has 2 bridgehead atoms. The van der Waals surface area contributed by atoms with Crippen molar-refractivity contribution in [2.45, 2.75) is 37.6 Å². The molecule has 1 aromatic rings. The van der Waals surface area contributed by atoms with E-state index in [0.29, 0.717) is 5.54 Å². The SMILES string of the molecule is Fc1ccc(CCC23CC(CCN2)C3)cc1. The summed E-state index contributed by atoms with van der Waals surface area (Å²) in [6, 6.07) is 6.94. The first-order chi connectivity index (χ1) is 7.76. The molecule has 2 heteroatoms. The average Bonchev–Trinajstić information content (AvgIpc) is 2.28. The van der Waals surface area contributed by atoms with Gasteiger partial charge in [0.1, 0.15) is 5.82 Å². The van der Waals surface area contributed by atoms with Crippen LogP contribution < -0.4 is 5.32 Å². The lowest BCUT2D eigenvalue weighted by molar-refractivity contribution is 0.0455. The average molecular weight is 219 g/mol. The van der Waals surface area contributed by atoms with Crippen LogP contribution in [0.2, 0.25) is 0 Å². The van der Waals surface area contributed by atoms with Crippen molar-refractivity contribution < 1.29 is 4.39 Å². The fourth-order valence-corrected chi connectivity index (χ4v) is 3.26. The Morgan fingerprint density at radius 1 is 1.25 bits per heavy atom. The summed E-state index contributed by atoms with van der Waals surface area (Å²) in [5, 5.41) is 3.67. The molecule has 0 unspecified atom stereocenters. The van der Waals surface area contributed by atoms with E-state index in [1.807, 2.05) is 12.1 Å². The van der Waals surface area contributed by atoms with E-state index in [1.54, 1.807) is 12.1 Å².